The third-order valence-electron chi connectivity index (χ3n) is 5.87. The molecule has 0 aliphatic carbocycles. The number of ether oxygens (including phenoxy) is 2. The van der Waals surface area contributed by atoms with Gasteiger partial charge in [-0.2, -0.15) is 4.98 Å². The van der Waals surface area contributed by atoms with Crippen molar-refractivity contribution in [3.8, 4) is 5.75 Å². The summed E-state index contributed by atoms with van der Waals surface area (Å²) < 4.78 is 16.8. The Labute approximate surface area is 172 Å². The van der Waals surface area contributed by atoms with Gasteiger partial charge in [-0.25, -0.2) is 0 Å². The number of nitrogens with zero attached hydrogens (tertiary/aromatic N) is 3. The Morgan fingerprint density at radius 2 is 1.93 bits per heavy atom. The number of phenolic OH excluding ortho intramolecular Hbond substituents is 1. The minimum atomic E-state index is 0.155. The second-order valence-electron chi connectivity index (χ2n) is 8.08. The fraction of sp³-hybridized carbons (Fsp3) is 0.636. The molecule has 2 aliphatic heterocycles. The van der Waals surface area contributed by atoms with E-state index in [0.717, 1.165) is 58.0 Å². The molecule has 1 atom stereocenters. The van der Waals surface area contributed by atoms with E-state index >= 15 is 0 Å². The number of piperidine rings is 1. The average Bonchev–Trinajstić information content (AvgIpc) is 3.23. The first-order chi connectivity index (χ1) is 14.3. The van der Waals surface area contributed by atoms with E-state index in [9.17, 15) is 5.11 Å². The van der Waals surface area contributed by atoms with E-state index in [0.29, 0.717) is 30.6 Å². The van der Waals surface area contributed by atoms with E-state index in [-0.39, 0.29) is 6.04 Å². The molecule has 4 rings (SSSR count). The topological polar surface area (TPSA) is 80.9 Å². The van der Waals surface area contributed by atoms with Crippen LogP contribution in [0.2, 0.25) is 0 Å². The number of benzene rings is 1. The maximum Gasteiger partial charge on any atom is 0.244 e. The van der Waals surface area contributed by atoms with Crippen molar-refractivity contribution in [2.24, 2.45) is 5.92 Å². The highest BCUT2D eigenvalue weighted by molar-refractivity contribution is 5.26. The minimum absolute atomic E-state index is 0.155. The van der Waals surface area contributed by atoms with E-state index in [1.807, 2.05) is 12.1 Å². The van der Waals surface area contributed by atoms with Crippen LogP contribution in [-0.2, 0) is 22.4 Å². The third-order valence-corrected chi connectivity index (χ3v) is 5.87. The van der Waals surface area contributed by atoms with Crippen LogP contribution in [0.25, 0.3) is 0 Å². The second kappa shape index (κ2) is 10.2. The predicted octanol–water partition coefficient (Wildman–Crippen LogP) is 3.49. The monoisotopic (exact) mass is 401 g/mol. The van der Waals surface area contributed by atoms with Crippen LogP contribution in [0, 0.1) is 5.92 Å². The number of phenols is 1. The van der Waals surface area contributed by atoms with Gasteiger partial charge in [-0.05, 0) is 55.8 Å². The highest BCUT2D eigenvalue weighted by Gasteiger charge is 2.28. The van der Waals surface area contributed by atoms with E-state index in [1.165, 1.54) is 18.4 Å². The molecule has 0 saturated carbocycles. The van der Waals surface area contributed by atoms with Crippen LogP contribution in [0.3, 0.4) is 0 Å². The van der Waals surface area contributed by atoms with Crippen molar-refractivity contribution in [3.05, 3.63) is 41.5 Å². The van der Waals surface area contributed by atoms with Crippen molar-refractivity contribution in [1.82, 2.24) is 15.0 Å². The lowest BCUT2D eigenvalue weighted by molar-refractivity contribution is 0.0211. The maximum absolute atomic E-state index is 9.50. The number of aromatic hydroxyl groups is 1. The molecule has 1 N–H and O–H groups in total. The fourth-order valence-electron chi connectivity index (χ4n) is 4.13. The van der Waals surface area contributed by atoms with E-state index in [1.54, 1.807) is 12.1 Å². The van der Waals surface area contributed by atoms with Gasteiger partial charge in [0.15, 0.2) is 5.82 Å². The summed E-state index contributed by atoms with van der Waals surface area (Å²) in [4.78, 5) is 7.06. The molecule has 0 amide bonds. The van der Waals surface area contributed by atoms with Crippen molar-refractivity contribution < 1.29 is 19.1 Å². The molecule has 2 aromatic rings. The van der Waals surface area contributed by atoms with E-state index in [4.69, 9.17) is 14.0 Å². The molecule has 2 aliphatic rings. The normalized spacial score (nSPS) is 21.4. The summed E-state index contributed by atoms with van der Waals surface area (Å²) in [5.74, 6) is 2.34. The highest BCUT2D eigenvalue weighted by Crippen LogP contribution is 2.31. The van der Waals surface area contributed by atoms with Crippen LogP contribution >= 0.6 is 0 Å². The third kappa shape index (κ3) is 5.78. The van der Waals surface area contributed by atoms with Crippen molar-refractivity contribution >= 4 is 0 Å². The van der Waals surface area contributed by atoms with Gasteiger partial charge in [-0.1, -0.05) is 23.7 Å². The molecule has 1 aromatic heterocycles. The van der Waals surface area contributed by atoms with Crippen LogP contribution in [0.15, 0.2) is 28.8 Å². The summed E-state index contributed by atoms with van der Waals surface area (Å²) in [5, 5.41) is 13.7. The standard InChI is InChI=1S/C22H31N3O4/c26-19-6-4-17(5-7-19)15-25-11-2-1-3-20(25)22-23-21(24-29-22)10-14-28-16-18-8-12-27-13-9-18/h4-7,18,20,26H,1-3,8-16H2. The molecule has 7 nitrogen and oxygen atoms in total. The molecule has 3 heterocycles. The molecule has 0 spiro atoms. The Kier molecular flexibility index (Phi) is 7.14. The average molecular weight is 402 g/mol. The summed E-state index contributed by atoms with van der Waals surface area (Å²) in [6, 6.07) is 7.56. The highest BCUT2D eigenvalue weighted by atomic mass is 16.5. The molecule has 1 aromatic carbocycles. The van der Waals surface area contributed by atoms with Crippen molar-refractivity contribution in [3.63, 3.8) is 0 Å². The lowest BCUT2D eigenvalue weighted by atomic mass is 10.0. The minimum Gasteiger partial charge on any atom is -0.508 e. The smallest absolute Gasteiger partial charge is 0.244 e. The van der Waals surface area contributed by atoms with Gasteiger partial charge in [0.25, 0.3) is 0 Å². The first-order valence-electron chi connectivity index (χ1n) is 10.8. The lowest BCUT2D eigenvalue weighted by Gasteiger charge is -2.33. The molecule has 2 fully saturated rings. The zero-order chi connectivity index (χ0) is 19.9. The van der Waals surface area contributed by atoms with Gasteiger partial charge in [-0.3, -0.25) is 4.90 Å². The number of hydrogen-bond donors (Lipinski definition) is 1. The molecular formula is C22H31N3O4. The molecule has 7 heteroatoms. The summed E-state index contributed by atoms with van der Waals surface area (Å²) in [6.07, 6.45) is 6.23. The Morgan fingerprint density at radius 1 is 1.10 bits per heavy atom. The van der Waals surface area contributed by atoms with Crippen molar-refractivity contribution in [2.75, 3.05) is 33.0 Å². The Hall–Kier alpha value is -1.96. The number of likely N-dealkylation sites (tertiary alicyclic amines) is 1. The zero-order valence-electron chi connectivity index (χ0n) is 17.0. The van der Waals surface area contributed by atoms with Gasteiger partial charge in [0.1, 0.15) is 5.75 Å². The molecule has 0 bridgehead atoms. The van der Waals surface area contributed by atoms with Crippen LogP contribution in [0.5, 0.6) is 5.75 Å². The SMILES string of the molecule is Oc1ccc(CN2CCCCC2c2nc(CCOCC3CCOCC3)no2)cc1. The van der Waals surface area contributed by atoms with Crippen molar-refractivity contribution in [1.29, 1.82) is 0 Å². The van der Waals surface area contributed by atoms with E-state index in [2.05, 4.69) is 15.0 Å². The first kappa shape index (κ1) is 20.3. The molecule has 158 valence electrons. The maximum atomic E-state index is 9.50. The Bertz CT molecular complexity index is 743. The molecule has 1 unspecified atom stereocenters. The van der Waals surface area contributed by atoms with Gasteiger partial charge in [0, 0.05) is 32.8 Å². The first-order valence-corrected chi connectivity index (χ1v) is 10.8. The summed E-state index contributed by atoms with van der Waals surface area (Å²) in [6.45, 7) is 4.94. The van der Waals surface area contributed by atoms with Gasteiger partial charge < -0.3 is 19.1 Å². The molecule has 0 radical (unpaired) electrons. The fourth-order valence-corrected chi connectivity index (χ4v) is 4.13. The van der Waals surface area contributed by atoms with Crippen LogP contribution in [0.4, 0.5) is 0 Å². The summed E-state index contributed by atoms with van der Waals surface area (Å²) in [7, 11) is 0. The predicted molar refractivity (Wildman–Crippen MR) is 107 cm³/mol. The molecule has 2 saturated heterocycles. The van der Waals surface area contributed by atoms with Crippen LogP contribution in [0.1, 0.15) is 55.4 Å². The van der Waals surface area contributed by atoms with Gasteiger partial charge in [0.2, 0.25) is 5.89 Å². The Morgan fingerprint density at radius 3 is 2.76 bits per heavy atom. The second-order valence-corrected chi connectivity index (χ2v) is 8.08. The summed E-state index contributed by atoms with van der Waals surface area (Å²) in [5.41, 5.74) is 1.18. The summed E-state index contributed by atoms with van der Waals surface area (Å²) >= 11 is 0. The van der Waals surface area contributed by atoms with Gasteiger partial charge in [-0.15, -0.1) is 0 Å². The molecule has 29 heavy (non-hydrogen) atoms. The number of aromatic nitrogens is 2. The Balaban J connectivity index is 1.28. The molecular weight excluding hydrogens is 370 g/mol. The van der Waals surface area contributed by atoms with E-state index < -0.39 is 0 Å². The van der Waals surface area contributed by atoms with Gasteiger partial charge in [0.05, 0.1) is 12.6 Å². The van der Waals surface area contributed by atoms with Crippen LogP contribution in [-0.4, -0.2) is 53.1 Å². The lowest BCUT2D eigenvalue weighted by Crippen LogP contribution is -2.33. The quantitative estimate of drug-likeness (QED) is 0.678. The number of rotatable bonds is 8. The van der Waals surface area contributed by atoms with Crippen molar-refractivity contribution in [2.45, 2.75) is 51.1 Å². The van der Waals surface area contributed by atoms with Gasteiger partial charge >= 0.3 is 0 Å². The number of hydrogen-bond acceptors (Lipinski definition) is 7. The zero-order valence-corrected chi connectivity index (χ0v) is 17.0. The largest absolute Gasteiger partial charge is 0.508 e. The van der Waals surface area contributed by atoms with Crippen LogP contribution < -0.4 is 0 Å².